The lowest BCUT2D eigenvalue weighted by atomic mass is 9.98. The number of hydrogen-bond acceptors (Lipinski definition) is 5. The van der Waals surface area contributed by atoms with Crippen LogP contribution in [0.5, 0.6) is 5.75 Å². The van der Waals surface area contributed by atoms with Gasteiger partial charge in [0.15, 0.2) is 6.61 Å². The number of carbonyl (C=O) groups excluding carboxylic acids is 3. The maximum atomic E-state index is 12.7. The largest absolute Gasteiger partial charge is 0.489 e. The smallest absolute Gasteiger partial charge is 0.417 e. The number of carbonyl (C=O) groups is 3. The quantitative estimate of drug-likeness (QED) is 0.769. The fourth-order valence-electron chi connectivity index (χ4n) is 3.31. The maximum absolute atomic E-state index is 12.7. The van der Waals surface area contributed by atoms with Crippen LogP contribution in [0.15, 0.2) is 54.6 Å². The van der Waals surface area contributed by atoms with Crippen LogP contribution in [0.3, 0.4) is 0 Å². The lowest BCUT2D eigenvalue weighted by Crippen LogP contribution is -2.54. The second-order valence-electron chi connectivity index (χ2n) is 6.94. The SMILES string of the molecule is O=C(c1cccc(OCc2ccccc2)c1)N1CC(CN2C(=O)COC2=O)C1. The van der Waals surface area contributed by atoms with Gasteiger partial charge in [-0.05, 0) is 23.8 Å². The fourth-order valence-corrected chi connectivity index (χ4v) is 3.31. The van der Waals surface area contributed by atoms with E-state index in [4.69, 9.17) is 9.47 Å². The number of rotatable bonds is 6. The Morgan fingerprint density at radius 2 is 1.86 bits per heavy atom. The summed E-state index contributed by atoms with van der Waals surface area (Å²) in [4.78, 5) is 38.6. The van der Waals surface area contributed by atoms with Crippen molar-refractivity contribution < 1.29 is 23.9 Å². The zero-order valence-corrected chi connectivity index (χ0v) is 15.2. The molecule has 0 aromatic heterocycles. The first-order valence-corrected chi connectivity index (χ1v) is 9.13. The Balaban J connectivity index is 1.31. The highest BCUT2D eigenvalue weighted by molar-refractivity contribution is 5.98. The van der Waals surface area contributed by atoms with Crippen molar-refractivity contribution >= 4 is 17.9 Å². The average molecular weight is 380 g/mol. The molecule has 144 valence electrons. The molecule has 0 aliphatic carbocycles. The van der Waals surface area contributed by atoms with Gasteiger partial charge in [-0.1, -0.05) is 36.4 Å². The average Bonchev–Trinajstić information content (AvgIpc) is 3.01. The molecule has 7 heteroatoms. The zero-order chi connectivity index (χ0) is 19.5. The van der Waals surface area contributed by atoms with Crippen LogP contribution in [0.2, 0.25) is 0 Å². The molecule has 2 aliphatic heterocycles. The molecule has 3 amide bonds. The number of ether oxygens (including phenoxy) is 2. The van der Waals surface area contributed by atoms with E-state index in [9.17, 15) is 14.4 Å². The summed E-state index contributed by atoms with van der Waals surface area (Å²) < 4.78 is 10.5. The van der Waals surface area contributed by atoms with E-state index in [0.717, 1.165) is 10.5 Å². The molecule has 7 nitrogen and oxygen atoms in total. The van der Waals surface area contributed by atoms with Crippen LogP contribution >= 0.6 is 0 Å². The van der Waals surface area contributed by atoms with Crippen molar-refractivity contribution in [3.8, 4) is 5.75 Å². The molecule has 2 aromatic rings. The molecular formula is C21H20N2O5. The van der Waals surface area contributed by atoms with Crippen molar-refractivity contribution in [2.24, 2.45) is 5.92 Å². The van der Waals surface area contributed by atoms with E-state index < -0.39 is 6.09 Å². The first-order valence-electron chi connectivity index (χ1n) is 9.13. The normalized spacial score (nSPS) is 16.7. The van der Waals surface area contributed by atoms with Gasteiger partial charge in [-0.15, -0.1) is 0 Å². The molecule has 0 saturated carbocycles. The van der Waals surface area contributed by atoms with Crippen LogP contribution in [0.25, 0.3) is 0 Å². The van der Waals surface area contributed by atoms with Crippen LogP contribution in [-0.4, -0.2) is 53.9 Å². The second-order valence-corrected chi connectivity index (χ2v) is 6.94. The minimum absolute atomic E-state index is 0.0797. The van der Waals surface area contributed by atoms with Crippen LogP contribution in [0.1, 0.15) is 15.9 Å². The van der Waals surface area contributed by atoms with Crippen LogP contribution < -0.4 is 4.74 Å². The third kappa shape index (κ3) is 3.83. The highest BCUT2D eigenvalue weighted by Crippen LogP contribution is 2.23. The molecule has 2 saturated heterocycles. The summed E-state index contributed by atoms with van der Waals surface area (Å²) in [6, 6.07) is 16.9. The highest BCUT2D eigenvalue weighted by atomic mass is 16.6. The molecule has 0 bridgehead atoms. The number of hydrogen-bond donors (Lipinski definition) is 0. The highest BCUT2D eigenvalue weighted by Gasteiger charge is 2.38. The van der Waals surface area contributed by atoms with Gasteiger partial charge in [0.05, 0.1) is 0 Å². The fraction of sp³-hybridized carbons (Fsp3) is 0.286. The van der Waals surface area contributed by atoms with Gasteiger partial charge in [-0.3, -0.25) is 9.59 Å². The van der Waals surface area contributed by atoms with E-state index in [-0.39, 0.29) is 24.3 Å². The third-order valence-electron chi connectivity index (χ3n) is 4.86. The van der Waals surface area contributed by atoms with Crippen molar-refractivity contribution in [2.45, 2.75) is 6.61 Å². The molecule has 28 heavy (non-hydrogen) atoms. The summed E-state index contributed by atoms with van der Waals surface area (Å²) in [6.07, 6.45) is -0.599. The molecular weight excluding hydrogens is 360 g/mol. The summed E-state index contributed by atoms with van der Waals surface area (Å²) in [5, 5.41) is 0. The summed E-state index contributed by atoms with van der Waals surface area (Å²) in [7, 11) is 0. The first-order chi connectivity index (χ1) is 13.6. The Bertz CT molecular complexity index is 877. The standard InChI is InChI=1S/C21H20N2O5/c24-19-14-28-21(26)23(19)12-16-10-22(11-16)20(25)17-7-4-8-18(9-17)27-13-15-5-2-1-3-6-15/h1-9,16H,10-14H2. The number of imide groups is 1. The molecule has 0 N–H and O–H groups in total. The topological polar surface area (TPSA) is 76.2 Å². The van der Waals surface area contributed by atoms with Crippen LogP contribution in [0, 0.1) is 5.92 Å². The summed E-state index contributed by atoms with van der Waals surface area (Å²) >= 11 is 0. The van der Waals surface area contributed by atoms with Gasteiger partial charge in [0.1, 0.15) is 12.4 Å². The van der Waals surface area contributed by atoms with E-state index in [1.807, 2.05) is 36.4 Å². The van der Waals surface area contributed by atoms with Crippen LogP contribution in [-0.2, 0) is 16.1 Å². The number of amides is 3. The first kappa shape index (κ1) is 18.0. The van der Waals surface area contributed by atoms with E-state index in [1.54, 1.807) is 23.1 Å². The number of benzene rings is 2. The molecule has 2 heterocycles. The molecule has 2 fully saturated rings. The van der Waals surface area contributed by atoms with Gasteiger partial charge in [0.2, 0.25) is 0 Å². The molecule has 0 radical (unpaired) electrons. The Hall–Kier alpha value is -3.35. The minimum Gasteiger partial charge on any atom is -0.489 e. The summed E-state index contributed by atoms with van der Waals surface area (Å²) in [5.74, 6) is 0.308. The number of likely N-dealkylation sites (tertiary alicyclic amines) is 1. The van der Waals surface area contributed by atoms with Gasteiger partial charge in [-0.25, -0.2) is 9.69 Å². The summed E-state index contributed by atoms with van der Waals surface area (Å²) in [6.45, 7) is 1.55. The Labute approximate surface area is 162 Å². The number of nitrogens with zero attached hydrogens (tertiary/aromatic N) is 2. The van der Waals surface area contributed by atoms with E-state index in [2.05, 4.69) is 0 Å². The van der Waals surface area contributed by atoms with Crippen LogP contribution in [0.4, 0.5) is 4.79 Å². The van der Waals surface area contributed by atoms with Gasteiger partial charge in [0, 0.05) is 31.1 Å². The predicted molar refractivity (Wildman–Crippen MR) is 99.7 cm³/mol. The van der Waals surface area contributed by atoms with Gasteiger partial charge < -0.3 is 14.4 Å². The van der Waals surface area contributed by atoms with Crippen molar-refractivity contribution in [1.82, 2.24) is 9.80 Å². The van der Waals surface area contributed by atoms with Crippen molar-refractivity contribution in [3.63, 3.8) is 0 Å². The van der Waals surface area contributed by atoms with Crippen molar-refractivity contribution in [1.29, 1.82) is 0 Å². The molecule has 0 spiro atoms. The van der Waals surface area contributed by atoms with Gasteiger partial charge in [-0.2, -0.15) is 0 Å². The second kappa shape index (κ2) is 7.72. The van der Waals surface area contributed by atoms with Gasteiger partial charge in [0.25, 0.3) is 11.8 Å². The van der Waals surface area contributed by atoms with E-state index in [1.165, 1.54) is 0 Å². The molecule has 0 unspecified atom stereocenters. The molecule has 2 aliphatic rings. The Kier molecular flexibility index (Phi) is 4.97. The van der Waals surface area contributed by atoms with Crippen molar-refractivity contribution in [2.75, 3.05) is 26.2 Å². The number of cyclic esters (lactones) is 1. The minimum atomic E-state index is -0.599. The molecule has 4 rings (SSSR count). The monoisotopic (exact) mass is 380 g/mol. The van der Waals surface area contributed by atoms with E-state index in [0.29, 0.717) is 37.6 Å². The molecule has 2 aromatic carbocycles. The third-order valence-corrected chi connectivity index (χ3v) is 4.86. The summed E-state index contributed by atoms with van der Waals surface area (Å²) in [5.41, 5.74) is 1.61. The maximum Gasteiger partial charge on any atom is 0.417 e. The van der Waals surface area contributed by atoms with Gasteiger partial charge >= 0.3 is 6.09 Å². The zero-order valence-electron chi connectivity index (χ0n) is 15.2. The van der Waals surface area contributed by atoms with E-state index >= 15 is 0 Å². The lowest BCUT2D eigenvalue weighted by molar-refractivity contribution is -0.126. The Morgan fingerprint density at radius 3 is 2.57 bits per heavy atom. The Morgan fingerprint density at radius 1 is 1.07 bits per heavy atom. The molecule has 0 atom stereocenters. The van der Waals surface area contributed by atoms with Crippen molar-refractivity contribution in [3.05, 3.63) is 65.7 Å². The lowest BCUT2D eigenvalue weighted by Gasteiger charge is -2.40. The predicted octanol–water partition coefficient (Wildman–Crippen LogP) is 2.32.